The van der Waals surface area contributed by atoms with E-state index < -0.39 is 0 Å². The Morgan fingerprint density at radius 1 is 1.09 bits per heavy atom. The molecule has 2 N–H and O–H groups in total. The van der Waals surface area contributed by atoms with Gasteiger partial charge in [-0.3, -0.25) is 0 Å². The highest BCUT2D eigenvalue weighted by atomic mass is 16.5. The third-order valence-electron chi connectivity index (χ3n) is 11.5. The Labute approximate surface area is 199 Å². The van der Waals surface area contributed by atoms with E-state index in [0.29, 0.717) is 11.8 Å². The molecule has 0 aromatic heterocycles. The fourth-order valence-corrected chi connectivity index (χ4v) is 9.78. The molecule has 0 aromatic carbocycles. The van der Waals surface area contributed by atoms with Crippen LogP contribution in [0.4, 0.5) is 0 Å². The van der Waals surface area contributed by atoms with Crippen molar-refractivity contribution in [2.24, 2.45) is 39.9 Å². The highest BCUT2D eigenvalue weighted by molar-refractivity contribution is 5.92. The van der Waals surface area contributed by atoms with Gasteiger partial charge in [0.1, 0.15) is 6.10 Å². The predicted molar refractivity (Wildman–Crippen MR) is 129 cm³/mol. The SMILES string of the molecule is CC(C)=CCCC1=C2C3C[C@@H](O)C4C5(C)CC[C@@H](O)[C@@H](C)C5CC[C@]4(C)[C@@]3(C)C[C@@H]2OC1=O. The Kier molecular flexibility index (Phi) is 5.50. The lowest BCUT2D eigenvalue weighted by Crippen LogP contribution is -2.65. The molecule has 4 unspecified atom stereocenters. The van der Waals surface area contributed by atoms with E-state index in [0.717, 1.165) is 56.9 Å². The van der Waals surface area contributed by atoms with Gasteiger partial charge < -0.3 is 14.9 Å². The molecule has 0 amide bonds. The van der Waals surface area contributed by atoms with Gasteiger partial charge in [0.2, 0.25) is 0 Å². The molecule has 0 radical (unpaired) electrons. The van der Waals surface area contributed by atoms with Gasteiger partial charge in [-0.1, -0.05) is 39.3 Å². The molecule has 1 aliphatic heterocycles. The molecule has 1 heterocycles. The molecular weight excluding hydrogens is 412 g/mol. The van der Waals surface area contributed by atoms with Crippen LogP contribution in [0.3, 0.4) is 0 Å². The first-order valence-electron chi connectivity index (χ1n) is 13.4. The molecule has 5 aliphatic rings. The van der Waals surface area contributed by atoms with E-state index in [2.05, 4.69) is 47.6 Å². The van der Waals surface area contributed by atoms with E-state index in [1.54, 1.807) is 0 Å². The summed E-state index contributed by atoms with van der Waals surface area (Å²) in [5.41, 5.74) is 3.47. The van der Waals surface area contributed by atoms with E-state index >= 15 is 0 Å². The lowest BCUT2D eigenvalue weighted by Gasteiger charge is -2.69. The Balaban J connectivity index is 1.53. The van der Waals surface area contributed by atoms with Crippen LogP contribution in [0, 0.1) is 39.9 Å². The molecule has 4 heteroatoms. The van der Waals surface area contributed by atoms with Crippen LogP contribution < -0.4 is 0 Å². The van der Waals surface area contributed by atoms with Crippen LogP contribution in [0.1, 0.15) is 92.9 Å². The highest BCUT2D eigenvalue weighted by Crippen LogP contribution is 2.74. The first kappa shape index (κ1) is 23.6. The quantitative estimate of drug-likeness (QED) is 0.430. The van der Waals surface area contributed by atoms with Gasteiger partial charge in [0, 0.05) is 5.57 Å². The number of fused-ring (bicyclic) bond motifs is 7. The summed E-state index contributed by atoms with van der Waals surface area (Å²) in [6, 6.07) is 0. The first-order valence-corrected chi connectivity index (χ1v) is 13.4. The molecular formula is C29H44O4. The van der Waals surface area contributed by atoms with Crippen LogP contribution in [-0.2, 0) is 9.53 Å². The van der Waals surface area contributed by atoms with Gasteiger partial charge >= 0.3 is 5.97 Å². The maximum absolute atomic E-state index is 12.8. The molecule has 0 aromatic rings. The summed E-state index contributed by atoms with van der Waals surface area (Å²) in [7, 11) is 0. The van der Waals surface area contributed by atoms with Crippen LogP contribution in [0.5, 0.6) is 0 Å². The van der Waals surface area contributed by atoms with Gasteiger partial charge in [-0.15, -0.1) is 0 Å². The molecule has 0 spiro atoms. The minimum Gasteiger partial charge on any atom is -0.454 e. The Morgan fingerprint density at radius 2 is 1.82 bits per heavy atom. The number of aliphatic hydroxyl groups is 2. The highest BCUT2D eigenvalue weighted by Gasteiger charge is 2.71. The molecule has 10 atom stereocenters. The van der Waals surface area contributed by atoms with Crippen molar-refractivity contribution < 1.29 is 19.7 Å². The van der Waals surface area contributed by atoms with Crippen LogP contribution in [0.25, 0.3) is 0 Å². The van der Waals surface area contributed by atoms with Crippen molar-refractivity contribution in [3.8, 4) is 0 Å². The number of hydrogen-bond acceptors (Lipinski definition) is 4. The van der Waals surface area contributed by atoms with E-state index in [4.69, 9.17) is 4.74 Å². The van der Waals surface area contributed by atoms with Crippen LogP contribution in [-0.4, -0.2) is 34.5 Å². The number of hydrogen-bond donors (Lipinski definition) is 2. The number of carbonyl (C=O) groups is 1. The molecule has 5 rings (SSSR count). The third kappa shape index (κ3) is 3.12. The summed E-state index contributed by atoms with van der Waals surface area (Å²) >= 11 is 0. The first-order chi connectivity index (χ1) is 15.4. The summed E-state index contributed by atoms with van der Waals surface area (Å²) in [5, 5.41) is 22.4. The van der Waals surface area contributed by atoms with Crippen LogP contribution >= 0.6 is 0 Å². The third-order valence-corrected chi connectivity index (χ3v) is 11.5. The molecule has 4 fully saturated rings. The number of carbonyl (C=O) groups excluding carboxylic acids is 1. The Hall–Kier alpha value is -1.13. The Morgan fingerprint density at radius 3 is 2.52 bits per heavy atom. The van der Waals surface area contributed by atoms with Crippen molar-refractivity contribution in [2.75, 3.05) is 0 Å². The largest absolute Gasteiger partial charge is 0.454 e. The van der Waals surface area contributed by atoms with E-state index in [-0.39, 0.29) is 52.4 Å². The number of aliphatic hydroxyl groups excluding tert-OH is 2. The minimum atomic E-state index is -0.371. The smallest absolute Gasteiger partial charge is 0.334 e. The average Bonchev–Trinajstić information content (AvgIpc) is 3.17. The molecule has 0 bridgehead atoms. The van der Waals surface area contributed by atoms with Crippen molar-refractivity contribution >= 4 is 5.97 Å². The van der Waals surface area contributed by atoms with Crippen molar-refractivity contribution in [1.82, 2.24) is 0 Å². The second-order valence-corrected chi connectivity index (χ2v) is 13.1. The van der Waals surface area contributed by atoms with Gasteiger partial charge in [0.05, 0.1) is 12.2 Å². The number of rotatable bonds is 3. The van der Waals surface area contributed by atoms with Crippen LogP contribution in [0.2, 0.25) is 0 Å². The van der Waals surface area contributed by atoms with Crippen molar-refractivity contribution in [3.05, 3.63) is 22.8 Å². The number of ether oxygens (including phenoxy) is 1. The molecule has 33 heavy (non-hydrogen) atoms. The minimum absolute atomic E-state index is 0.00262. The topological polar surface area (TPSA) is 66.8 Å². The summed E-state index contributed by atoms with van der Waals surface area (Å²) in [5.74, 6) is 1.08. The summed E-state index contributed by atoms with van der Waals surface area (Å²) in [6.45, 7) is 13.7. The standard InChI is InChI=1S/C29H44O4/c1-16(2)8-7-9-18-24-20-14-22(31)25-27(4)12-11-21(30)17(3)19(27)10-13-28(25,5)29(20,6)15-23(24)33-26(18)32/h8,17,19-23,25,30-31H,7,9-15H2,1-6H3/t17-,19?,20?,21+,22+,23-,25?,27?,28-,29-/m0/s1. The second-order valence-electron chi connectivity index (χ2n) is 13.1. The second kappa shape index (κ2) is 7.68. The van der Waals surface area contributed by atoms with Crippen molar-refractivity contribution in [1.29, 1.82) is 0 Å². The maximum Gasteiger partial charge on any atom is 0.334 e. The summed E-state index contributed by atoms with van der Waals surface area (Å²) in [4.78, 5) is 12.8. The number of allylic oxidation sites excluding steroid dienone is 2. The normalized spacial score (nSPS) is 50.8. The zero-order valence-electron chi connectivity index (χ0n) is 21.5. The predicted octanol–water partition coefficient (Wildman–Crippen LogP) is 5.58. The van der Waals surface area contributed by atoms with Gasteiger partial charge in [-0.25, -0.2) is 4.79 Å². The lowest BCUT2D eigenvalue weighted by molar-refractivity contribution is -0.234. The molecule has 4 saturated carbocycles. The maximum atomic E-state index is 12.8. The molecule has 0 saturated heterocycles. The Bertz CT molecular complexity index is 899. The van der Waals surface area contributed by atoms with Gasteiger partial charge in [-0.2, -0.15) is 0 Å². The number of esters is 1. The van der Waals surface area contributed by atoms with E-state index in [9.17, 15) is 15.0 Å². The zero-order chi connectivity index (χ0) is 23.9. The van der Waals surface area contributed by atoms with Gasteiger partial charge in [0.25, 0.3) is 0 Å². The summed E-state index contributed by atoms with van der Waals surface area (Å²) < 4.78 is 5.99. The van der Waals surface area contributed by atoms with Gasteiger partial charge in [-0.05, 0) is 111 Å². The average molecular weight is 457 g/mol. The summed E-state index contributed by atoms with van der Waals surface area (Å²) in [6.07, 6.45) is 8.80. The van der Waals surface area contributed by atoms with Crippen LogP contribution in [0.15, 0.2) is 22.8 Å². The lowest BCUT2D eigenvalue weighted by atomic mass is 9.36. The van der Waals surface area contributed by atoms with Gasteiger partial charge in [0.15, 0.2) is 0 Å². The van der Waals surface area contributed by atoms with E-state index in [1.807, 2.05) is 0 Å². The molecule has 184 valence electrons. The van der Waals surface area contributed by atoms with Crippen molar-refractivity contribution in [2.45, 2.75) is 111 Å². The monoisotopic (exact) mass is 456 g/mol. The van der Waals surface area contributed by atoms with E-state index in [1.165, 1.54) is 11.1 Å². The molecule has 4 nitrogen and oxygen atoms in total. The molecule has 4 aliphatic carbocycles. The zero-order valence-corrected chi connectivity index (χ0v) is 21.5. The fourth-order valence-electron chi connectivity index (χ4n) is 9.78. The van der Waals surface area contributed by atoms with Crippen molar-refractivity contribution in [3.63, 3.8) is 0 Å². The fraction of sp³-hybridized carbons (Fsp3) is 0.828.